The minimum atomic E-state index is -3.21. The second-order valence-corrected chi connectivity index (χ2v) is 5.29. The molecule has 2 aromatic carbocycles. The zero-order chi connectivity index (χ0) is 20.8. The van der Waals surface area contributed by atoms with Crippen molar-refractivity contribution >= 4 is 17.6 Å². The third kappa shape index (κ3) is 4.90. The summed E-state index contributed by atoms with van der Waals surface area (Å²) in [7, 11) is 1.16. The molecule has 148 valence electrons. The molecule has 28 heavy (non-hydrogen) atoms. The van der Waals surface area contributed by atoms with Crippen molar-refractivity contribution in [2.24, 2.45) is 5.73 Å². The van der Waals surface area contributed by atoms with Crippen molar-refractivity contribution < 1.29 is 37.5 Å². The smallest absolute Gasteiger partial charge is 0.387 e. The molecule has 0 aliphatic rings. The lowest BCUT2D eigenvalue weighted by Gasteiger charge is -2.12. The second-order valence-electron chi connectivity index (χ2n) is 5.29. The molecule has 0 fully saturated rings. The number of benzene rings is 2. The van der Waals surface area contributed by atoms with Gasteiger partial charge in [0.25, 0.3) is 5.69 Å². The molecule has 11 heteroatoms. The van der Waals surface area contributed by atoms with Crippen molar-refractivity contribution in [3.63, 3.8) is 0 Å². The van der Waals surface area contributed by atoms with E-state index < -0.39 is 41.5 Å². The molecular formula is C17H14F2N2O7. The van der Waals surface area contributed by atoms with Gasteiger partial charge in [-0.25, -0.2) is 4.79 Å². The molecular weight excluding hydrogens is 382 g/mol. The minimum absolute atomic E-state index is 0.0808. The lowest BCUT2D eigenvalue weighted by atomic mass is 10.1. The first-order valence-electron chi connectivity index (χ1n) is 7.60. The number of esters is 1. The van der Waals surface area contributed by atoms with Crippen LogP contribution >= 0.6 is 0 Å². The monoisotopic (exact) mass is 396 g/mol. The van der Waals surface area contributed by atoms with Crippen LogP contribution in [0.1, 0.15) is 26.3 Å². The number of hydrogen-bond acceptors (Lipinski definition) is 7. The molecule has 2 aromatic rings. The molecule has 2 N–H and O–H groups in total. The van der Waals surface area contributed by atoms with Crippen molar-refractivity contribution in [1.29, 1.82) is 0 Å². The van der Waals surface area contributed by atoms with Gasteiger partial charge in [0.05, 0.1) is 29.2 Å². The van der Waals surface area contributed by atoms with E-state index in [9.17, 15) is 28.5 Å². The topological polar surface area (TPSA) is 131 Å². The largest absolute Gasteiger partial charge is 0.493 e. The molecule has 0 aromatic heterocycles. The van der Waals surface area contributed by atoms with E-state index in [0.29, 0.717) is 0 Å². The van der Waals surface area contributed by atoms with Gasteiger partial charge < -0.3 is 19.9 Å². The molecule has 0 aliphatic heterocycles. The number of halogens is 2. The number of amides is 1. The van der Waals surface area contributed by atoms with Crippen molar-refractivity contribution in [2.75, 3.05) is 7.11 Å². The van der Waals surface area contributed by atoms with Crippen molar-refractivity contribution in [3.8, 4) is 11.5 Å². The average Bonchev–Trinajstić information content (AvgIpc) is 2.65. The number of ether oxygens (including phenoxy) is 3. The third-order valence-electron chi connectivity index (χ3n) is 3.54. The Balaban J connectivity index is 2.23. The van der Waals surface area contributed by atoms with Gasteiger partial charge in [0.15, 0.2) is 11.5 Å². The standard InChI is InChI=1S/C17H14F2N2O7/c1-26-13-6-11(12(21(24)25)7-14(13)28-17(18)19)8-27-16(23)10-4-2-9(3-5-10)15(20)22/h2-7,17H,8H2,1H3,(H2,20,22). The lowest BCUT2D eigenvalue weighted by molar-refractivity contribution is -0.386. The van der Waals surface area contributed by atoms with Crippen LogP contribution in [0.25, 0.3) is 0 Å². The number of nitrogens with two attached hydrogens (primary N) is 1. The number of methoxy groups -OCH3 is 1. The molecule has 0 radical (unpaired) electrons. The summed E-state index contributed by atoms with van der Waals surface area (Å²) in [5.41, 5.74) is 4.69. The van der Waals surface area contributed by atoms with E-state index in [-0.39, 0.29) is 22.4 Å². The van der Waals surface area contributed by atoms with Gasteiger partial charge in [-0.1, -0.05) is 0 Å². The number of carbonyl (C=O) groups excluding carboxylic acids is 2. The van der Waals surface area contributed by atoms with Gasteiger partial charge in [0, 0.05) is 5.56 Å². The zero-order valence-corrected chi connectivity index (χ0v) is 14.4. The SMILES string of the molecule is COc1cc(COC(=O)c2ccc(C(N)=O)cc2)c([N+](=O)[O-])cc1OC(F)F. The number of hydrogen-bond donors (Lipinski definition) is 1. The fourth-order valence-corrected chi connectivity index (χ4v) is 2.22. The van der Waals surface area contributed by atoms with Gasteiger partial charge in [-0.15, -0.1) is 0 Å². The van der Waals surface area contributed by atoms with Crippen LogP contribution < -0.4 is 15.2 Å². The average molecular weight is 396 g/mol. The molecule has 0 saturated heterocycles. The van der Waals surface area contributed by atoms with E-state index in [2.05, 4.69) is 4.74 Å². The number of nitrogens with zero attached hydrogens (tertiary/aromatic N) is 1. The quantitative estimate of drug-likeness (QED) is 0.412. The lowest BCUT2D eigenvalue weighted by Crippen LogP contribution is -2.12. The van der Waals surface area contributed by atoms with Gasteiger partial charge >= 0.3 is 12.6 Å². The summed E-state index contributed by atoms with van der Waals surface area (Å²) >= 11 is 0. The van der Waals surface area contributed by atoms with Crippen molar-refractivity contribution in [3.05, 3.63) is 63.2 Å². The first-order chi connectivity index (χ1) is 13.2. The normalized spacial score (nSPS) is 10.4. The summed E-state index contributed by atoms with van der Waals surface area (Å²) in [4.78, 5) is 33.5. The number of rotatable bonds is 8. The summed E-state index contributed by atoms with van der Waals surface area (Å²) in [6, 6.07) is 7.07. The van der Waals surface area contributed by atoms with Crippen LogP contribution in [0, 0.1) is 10.1 Å². The predicted molar refractivity (Wildman–Crippen MR) is 90.4 cm³/mol. The van der Waals surface area contributed by atoms with Crippen molar-refractivity contribution in [1.82, 2.24) is 0 Å². The molecule has 1 amide bonds. The molecule has 2 rings (SSSR count). The van der Waals surface area contributed by atoms with Crippen LogP contribution in [0.4, 0.5) is 14.5 Å². The molecule has 9 nitrogen and oxygen atoms in total. The number of nitro groups is 1. The number of nitro benzene ring substituents is 1. The maximum absolute atomic E-state index is 12.4. The van der Waals surface area contributed by atoms with E-state index in [1.807, 2.05) is 0 Å². The van der Waals surface area contributed by atoms with Gasteiger partial charge in [-0.05, 0) is 30.3 Å². The van der Waals surface area contributed by atoms with Gasteiger partial charge in [-0.2, -0.15) is 8.78 Å². The van der Waals surface area contributed by atoms with Gasteiger partial charge in [0.2, 0.25) is 5.91 Å². The highest BCUT2D eigenvalue weighted by Crippen LogP contribution is 2.36. The van der Waals surface area contributed by atoms with E-state index in [4.69, 9.17) is 15.2 Å². The van der Waals surface area contributed by atoms with Crippen LogP contribution in [0.5, 0.6) is 11.5 Å². The Morgan fingerprint density at radius 2 is 1.75 bits per heavy atom. The number of primary amides is 1. The zero-order valence-electron chi connectivity index (χ0n) is 14.4. The van der Waals surface area contributed by atoms with E-state index >= 15 is 0 Å². The molecule has 0 saturated carbocycles. The molecule has 0 spiro atoms. The Morgan fingerprint density at radius 1 is 1.14 bits per heavy atom. The molecule has 0 heterocycles. The predicted octanol–water partition coefficient (Wildman–Crippen LogP) is 2.66. The Hall–Kier alpha value is -3.76. The Kier molecular flexibility index (Phi) is 6.42. The van der Waals surface area contributed by atoms with E-state index in [1.54, 1.807) is 0 Å². The van der Waals surface area contributed by atoms with Crippen LogP contribution in [0.15, 0.2) is 36.4 Å². The van der Waals surface area contributed by atoms with Crippen LogP contribution in [-0.2, 0) is 11.3 Å². The summed E-state index contributed by atoms with van der Waals surface area (Å²) < 4.78 is 39.0. The summed E-state index contributed by atoms with van der Waals surface area (Å²) in [6.07, 6.45) is 0. The molecule has 0 atom stereocenters. The van der Waals surface area contributed by atoms with E-state index in [1.165, 1.54) is 24.3 Å². The highest BCUT2D eigenvalue weighted by atomic mass is 19.3. The van der Waals surface area contributed by atoms with Crippen LogP contribution in [0.2, 0.25) is 0 Å². The summed E-state index contributed by atoms with van der Waals surface area (Å²) in [5.74, 6) is -2.21. The summed E-state index contributed by atoms with van der Waals surface area (Å²) in [6.45, 7) is -3.74. The van der Waals surface area contributed by atoms with Gasteiger partial charge in [0.1, 0.15) is 6.61 Å². The molecule has 0 unspecified atom stereocenters. The highest BCUT2D eigenvalue weighted by Gasteiger charge is 2.23. The Morgan fingerprint density at radius 3 is 2.25 bits per heavy atom. The second kappa shape index (κ2) is 8.75. The van der Waals surface area contributed by atoms with Crippen LogP contribution in [-0.4, -0.2) is 30.5 Å². The fraction of sp³-hybridized carbons (Fsp3) is 0.176. The first kappa shape index (κ1) is 20.6. The number of alkyl halides is 2. The molecule has 0 aliphatic carbocycles. The Bertz CT molecular complexity index is 901. The minimum Gasteiger partial charge on any atom is -0.493 e. The van der Waals surface area contributed by atoms with Gasteiger partial charge in [-0.3, -0.25) is 14.9 Å². The summed E-state index contributed by atoms with van der Waals surface area (Å²) in [5, 5.41) is 11.2. The third-order valence-corrected chi connectivity index (χ3v) is 3.54. The fourth-order valence-electron chi connectivity index (χ4n) is 2.22. The van der Waals surface area contributed by atoms with Crippen molar-refractivity contribution in [2.45, 2.75) is 13.2 Å². The highest BCUT2D eigenvalue weighted by molar-refractivity contribution is 5.95. The van der Waals surface area contributed by atoms with E-state index in [0.717, 1.165) is 19.2 Å². The maximum Gasteiger partial charge on any atom is 0.387 e. The molecule has 0 bridgehead atoms. The van der Waals surface area contributed by atoms with Crippen LogP contribution in [0.3, 0.4) is 0 Å². The number of carbonyl (C=O) groups is 2. The Labute approximate surface area is 156 Å². The maximum atomic E-state index is 12.4. The first-order valence-corrected chi connectivity index (χ1v) is 7.60.